The topological polar surface area (TPSA) is 21.3 Å². The van der Waals surface area contributed by atoms with E-state index >= 15 is 0 Å². The van der Waals surface area contributed by atoms with E-state index in [4.69, 9.17) is 4.74 Å². The highest BCUT2D eigenvalue weighted by atomic mass is 16.5. The van der Waals surface area contributed by atoms with Gasteiger partial charge in [0.15, 0.2) is 0 Å². The van der Waals surface area contributed by atoms with Gasteiger partial charge < -0.3 is 10.1 Å². The van der Waals surface area contributed by atoms with E-state index in [1.54, 1.807) is 0 Å². The predicted molar refractivity (Wildman–Crippen MR) is 65.2 cm³/mol. The molecule has 1 rings (SSSR count). The molecule has 1 aliphatic rings. The van der Waals surface area contributed by atoms with E-state index in [9.17, 15) is 0 Å². The zero-order valence-corrected chi connectivity index (χ0v) is 10.6. The molecule has 2 nitrogen and oxygen atoms in total. The molecule has 0 saturated carbocycles. The van der Waals surface area contributed by atoms with Crippen LogP contribution in [-0.2, 0) is 4.74 Å². The third-order valence-corrected chi connectivity index (χ3v) is 3.16. The molecule has 0 amide bonds. The first kappa shape index (κ1) is 13.0. The van der Waals surface area contributed by atoms with E-state index in [0.717, 1.165) is 0 Å². The minimum absolute atomic E-state index is 0.432. The maximum atomic E-state index is 5.72. The van der Waals surface area contributed by atoms with Gasteiger partial charge in [-0.3, -0.25) is 0 Å². The summed E-state index contributed by atoms with van der Waals surface area (Å²) in [4.78, 5) is 0. The van der Waals surface area contributed by atoms with E-state index in [-0.39, 0.29) is 0 Å². The second-order valence-corrected chi connectivity index (χ2v) is 4.94. The maximum absolute atomic E-state index is 5.72. The minimum atomic E-state index is 0.432. The van der Waals surface area contributed by atoms with Crippen molar-refractivity contribution in [3.63, 3.8) is 0 Å². The van der Waals surface area contributed by atoms with Crippen LogP contribution in [0.3, 0.4) is 0 Å². The molecule has 1 saturated heterocycles. The van der Waals surface area contributed by atoms with Crippen LogP contribution in [0, 0.1) is 0 Å². The Morgan fingerprint density at radius 3 is 2.33 bits per heavy atom. The summed E-state index contributed by atoms with van der Waals surface area (Å²) in [5.74, 6) is 0. The Morgan fingerprint density at radius 1 is 1.07 bits per heavy atom. The third-order valence-electron chi connectivity index (χ3n) is 3.16. The lowest BCUT2D eigenvalue weighted by Crippen LogP contribution is -2.41. The molecule has 90 valence electrons. The van der Waals surface area contributed by atoms with Crippen molar-refractivity contribution >= 4 is 0 Å². The molecule has 0 spiro atoms. The van der Waals surface area contributed by atoms with E-state index in [1.807, 2.05) is 0 Å². The van der Waals surface area contributed by atoms with Crippen molar-refractivity contribution in [2.24, 2.45) is 0 Å². The Morgan fingerprint density at radius 2 is 1.73 bits per heavy atom. The molecule has 2 atom stereocenters. The van der Waals surface area contributed by atoms with Gasteiger partial charge in [-0.05, 0) is 39.7 Å². The largest absolute Gasteiger partial charge is 0.375 e. The van der Waals surface area contributed by atoms with Crippen molar-refractivity contribution in [2.75, 3.05) is 6.54 Å². The lowest BCUT2D eigenvalue weighted by molar-refractivity contribution is -0.0420. The lowest BCUT2D eigenvalue weighted by Gasteiger charge is -2.32. The van der Waals surface area contributed by atoms with Gasteiger partial charge in [0.05, 0.1) is 12.2 Å². The first-order valence-corrected chi connectivity index (χ1v) is 6.61. The summed E-state index contributed by atoms with van der Waals surface area (Å²) in [6, 6.07) is 0.686. The zero-order chi connectivity index (χ0) is 11.1. The van der Waals surface area contributed by atoms with Gasteiger partial charge >= 0.3 is 0 Å². The second kappa shape index (κ2) is 7.24. The monoisotopic (exact) mass is 213 g/mol. The Balaban J connectivity index is 2.04. The van der Waals surface area contributed by atoms with Crippen LogP contribution in [0.5, 0.6) is 0 Å². The van der Waals surface area contributed by atoms with Gasteiger partial charge in [0.25, 0.3) is 0 Å². The second-order valence-electron chi connectivity index (χ2n) is 4.94. The van der Waals surface area contributed by atoms with Crippen molar-refractivity contribution in [1.29, 1.82) is 0 Å². The molecule has 0 aliphatic carbocycles. The molecule has 0 aromatic rings. The molecule has 1 N–H and O–H groups in total. The average Bonchev–Trinajstić information content (AvgIpc) is 2.16. The summed E-state index contributed by atoms with van der Waals surface area (Å²) in [6.07, 6.45) is 8.62. The van der Waals surface area contributed by atoms with E-state index < -0.39 is 0 Å². The highest BCUT2D eigenvalue weighted by Gasteiger charge is 2.23. The van der Waals surface area contributed by atoms with E-state index in [0.29, 0.717) is 18.2 Å². The van der Waals surface area contributed by atoms with Crippen molar-refractivity contribution in [3.8, 4) is 0 Å². The minimum Gasteiger partial charge on any atom is -0.375 e. The molecule has 2 heteroatoms. The van der Waals surface area contributed by atoms with Crippen molar-refractivity contribution in [1.82, 2.24) is 5.32 Å². The number of rotatable bonds is 6. The number of ether oxygens (including phenoxy) is 1. The van der Waals surface area contributed by atoms with Gasteiger partial charge in [-0.2, -0.15) is 0 Å². The molecule has 1 aliphatic heterocycles. The molecule has 0 radical (unpaired) electrons. The van der Waals surface area contributed by atoms with Crippen LogP contribution in [0.15, 0.2) is 0 Å². The van der Waals surface area contributed by atoms with Crippen molar-refractivity contribution < 1.29 is 4.74 Å². The van der Waals surface area contributed by atoms with Crippen LogP contribution in [0.1, 0.15) is 59.3 Å². The van der Waals surface area contributed by atoms with Crippen molar-refractivity contribution in [3.05, 3.63) is 0 Å². The number of nitrogens with one attached hydrogen (secondary N) is 1. The molecule has 1 heterocycles. The quantitative estimate of drug-likeness (QED) is 0.685. The molecule has 1 fully saturated rings. The van der Waals surface area contributed by atoms with Gasteiger partial charge in [-0.25, -0.2) is 0 Å². The highest BCUT2D eigenvalue weighted by molar-refractivity contribution is 4.78. The summed E-state index contributed by atoms with van der Waals surface area (Å²) >= 11 is 0. The van der Waals surface area contributed by atoms with Gasteiger partial charge in [-0.1, -0.05) is 26.2 Å². The van der Waals surface area contributed by atoms with Crippen LogP contribution < -0.4 is 5.32 Å². The van der Waals surface area contributed by atoms with Gasteiger partial charge in [0.1, 0.15) is 0 Å². The van der Waals surface area contributed by atoms with Crippen LogP contribution in [-0.4, -0.2) is 24.8 Å². The average molecular weight is 213 g/mol. The number of hydrogen-bond donors (Lipinski definition) is 1. The Kier molecular flexibility index (Phi) is 6.26. The Hall–Kier alpha value is -0.0800. The van der Waals surface area contributed by atoms with Crippen LogP contribution in [0.25, 0.3) is 0 Å². The highest BCUT2D eigenvalue weighted by Crippen LogP contribution is 2.18. The Bertz CT molecular complexity index is 151. The van der Waals surface area contributed by atoms with E-state index in [1.165, 1.54) is 45.1 Å². The summed E-state index contributed by atoms with van der Waals surface area (Å²) in [5.41, 5.74) is 0. The van der Waals surface area contributed by atoms with Gasteiger partial charge in [0.2, 0.25) is 0 Å². The number of hydrogen-bond acceptors (Lipinski definition) is 2. The van der Waals surface area contributed by atoms with E-state index in [2.05, 4.69) is 26.1 Å². The summed E-state index contributed by atoms with van der Waals surface area (Å²) in [7, 11) is 0. The van der Waals surface area contributed by atoms with Crippen LogP contribution in [0.2, 0.25) is 0 Å². The fraction of sp³-hybridized carbons (Fsp3) is 1.00. The molecule has 0 bridgehead atoms. The molecular weight excluding hydrogens is 186 g/mol. The van der Waals surface area contributed by atoms with Crippen LogP contribution in [0.4, 0.5) is 0 Å². The normalized spacial score (nSPS) is 31.8. The molecule has 0 aromatic carbocycles. The lowest BCUT2D eigenvalue weighted by atomic mass is 10.00. The number of unbranched alkanes of at least 4 members (excludes halogenated alkanes) is 3. The molecule has 0 aromatic heterocycles. The summed E-state index contributed by atoms with van der Waals surface area (Å²) < 4.78 is 5.72. The van der Waals surface area contributed by atoms with Crippen LogP contribution >= 0.6 is 0 Å². The van der Waals surface area contributed by atoms with Gasteiger partial charge in [0, 0.05) is 6.04 Å². The molecule has 15 heavy (non-hydrogen) atoms. The first-order chi connectivity index (χ1) is 7.22. The zero-order valence-electron chi connectivity index (χ0n) is 10.6. The smallest absolute Gasteiger partial charge is 0.0565 e. The Labute approximate surface area is 94.8 Å². The SMILES string of the molecule is CCCCCCNC1C[C@H](C)O[C@@H](C)C1. The first-order valence-electron chi connectivity index (χ1n) is 6.61. The standard InChI is InChI=1S/C13H27NO/c1-4-5-6-7-8-14-13-9-11(2)15-12(3)10-13/h11-14H,4-10H2,1-3H3/t11-,12-/m0/s1. The molecule has 0 unspecified atom stereocenters. The molecular formula is C13H27NO. The maximum Gasteiger partial charge on any atom is 0.0565 e. The third kappa shape index (κ3) is 5.53. The van der Waals surface area contributed by atoms with Gasteiger partial charge in [-0.15, -0.1) is 0 Å². The van der Waals surface area contributed by atoms with Crippen molar-refractivity contribution in [2.45, 2.75) is 77.5 Å². The predicted octanol–water partition coefficient (Wildman–Crippen LogP) is 3.11. The summed E-state index contributed by atoms with van der Waals surface area (Å²) in [6.45, 7) is 7.81. The fourth-order valence-electron chi connectivity index (χ4n) is 2.43. The fourth-order valence-corrected chi connectivity index (χ4v) is 2.43. The summed E-state index contributed by atoms with van der Waals surface area (Å²) in [5, 5.41) is 3.66.